The second-order valence-electron chi connectivity index (χ2n) is 5.04. The van der Waals surface area contributed by atoms with Crippen molar-refractivity contribution in [2.24, 2.45) is 0 Å². The van der Waals surface area contributed by atoms with Gasteiger partial charge in [-0.05, 0) is 30.0 Å². The van der Waals surface area contributed by atoms with E-state index in [0.717, 1.165) is 12.0 Å². The van der Waals surface area contributed by atoms with Gasteiger partial charge < -0.3 is 9.63 Å². The molecule has 0 bridgehead atoms. The summed E-state index contributed by atoms with van der Waals surface area (Å²) in [6.07, 6.45) is 0.886. The summed E-state index contributed by atoms with van der Waals surface area (Å²) in [6, 6.07) is 8.07. The Labute approximate surface area is 113 Å². The van der Waals surface area contributed by atoms with Crippen molar-refractivity contribution in [3.05, 3.63) is 35.7 Å². The molecule has 102 valence electrons. The molecule has 1 N–H and O–H groups in total. The molecule has 0 amide bonds. The third-order valence-corrected chi connectivity index (χ3v) is 3.13. The van der Waals surface area contributed by atoms with E-state index >= 15 is 0 Å². The van der Waals surface area contributed by atoms with Gasteiger partial charge in [0.05, 0.1) is 0 Å². The Balaban J connectivity index is 2.18. The summed E-state index contributed by atoms with van der Waals surface area (Å²) in [7, 11) is 0. The van der Waals surface area contributed by atoms with Crippen molar-refractivity contribution in [1.29, 1.82) is 0 Å². The molecule has 4 nitrogen and oxygen atoms in total. The molecule has 19 heavy (non-hydrogen) atoms. The lowest BCUT2D eigenvalue weighted by Gasteiger charge is -2.04. The van der Waals surface area contributed by atoms with Crippen LogP contribution in [-0.4, -0.2) is 15.2 Å². The molecule has 1 aromatic heterocycles. The molecule has 2 rings (SSSR count). The molecule has 1 atom stereocenters. The fraction of sp³-hybridized carbons (Fsp3) is 0.467. The first-order valence-corrected chi connectivity index (χ1v) is 6.73. The van der Waals surface area contributed by atoms with Crippen LogP contribution in [0.1, 0.15) is 57.0 Å². The molecule has 0 aliphatic rings. The van der Waals surface area contributed by atoms with Gasteiger partial charge in [0.15, 0.2) is 0 Å². The minimum atomic E-state index is -0.641. The van der Waals surface area contributed by atoms with Crippen molar-refractivity contribution in [3.63, 3.8) is 0 Å². The third-order valence-electron chi connectivity index (χ3n) is 3.13. The van der Waals surface area contributed by atoms with Crippen molar-refractivity contribution < 1.29 is 9.63 Å². The van der Waals surface area contributed by atoms with E-state index in [1.807, 2.05) is 19.1 Å². The molecule has 0 radical (unpaired) electrons. The number of aliphatic hydroxyl groups is 1. The predicted octanol–water partition coefficient (Wildman–Crippen LogP) is 3.69. The van der Waals surface area contributed by atoms with Gasteiger partial charge in [0.25, 0.3) is 5.89 Å². The van der Waals surface area contributed by atoms with Crippen LogP contribution in [0.25, 0.3) is 11.5 Å². The van der Waals surface area contributed by atoms with E-state index in [1.165, 1.54) is 5.56 Å². The van der Waals surface area contributed by atoms with Crippen LogP contribution in [0.4, 0.5) is 0 Å². The van der Waals surface area contributed by atoms with Crippen LogP contribution in [0.5, 0.6) is 0 Å². The average molecular weight is 260 g/mol. The number of hydrogen-bond acceptors (Lipinski definition) is 4. The largest absolute Gasteiger partial charge is 0.385 e. The lowest BCUT2D eigenvalue weighted by Crippen LogP contribution is -1.98. The number of rotatable bonds is 5. The maximum absolute atomic E-state index is 9.81. The maximum atomic E-state index is 9.81. The molecule has 0 spiro atoms. The highest BCUT2D eigenvalue weighted by atomic mass is 16.5. The van der Waals surface area contributed by atoms with Crippen molar-refractivity contribution in [2.45, 2.75) is 45.6 Å². The third kappa shape index (κ3) is 3.20. The van der Waals surface area contributed by atoms with E-state index in [2.05, 4.69) is 36.1 Å². The van der Waals surface area contributed by atoms with Gasteiger partial charge in [-0.15, -0.1) is 0 Å². The Hall–Kier alpha value is -1.68. The highest BCUT2D eigenvalue weighted by Gasteiger charge is 2.15. The van der Waals surface area contributed by atoms with Gasteiger partial charge in [0.1, 0.15) is 6.10 Å². The van der Waals surface area contributed by atoms with Crippen molar-refractivity contribution >= 4 is 0 Å². The Morgan fingerprint density at radius 3 is 2.47 bits per heavy atom. The zero-order chi connectivity index (χ0) is 13.8. The Kier molecular flexibility index (Phi) is 4.32. The van der Waals surface area contributed by atoms with Gasteiger partial charge in [0.2, 0.25) is 5.82 Å². The van der Waals surface area contributed by atoms with Crippen molar-refractivity contribution in [1.82, 2.24) is 10.1 Å². The maximum Gasteiger partial charge on any atom is 0.258 e. The minimum Gasteiger partial charge on any atom is -0.385 e. The van der Waals surface area contributed by atoms with E-state index in [-0.39, 0.29) is 0 Å². The first-order chi connectivity index (χ1) is 9.11. The molecule has 0 fully saturated rings. The SMILES string of the molecule is CCCC(O)c1noc(-c2ccc(C(C)C)cc2)n1. The second-order valence-corrected chi connectivity index (χ2v) is 5.04. The summed E-state index contributed by atoms with van der Waals surface area (Å²) in [4.78, 5) is 4.25. The van der Waals surface area contributed by atoms with Crippen molar-refractivity contribution in [3.8, 4) is 11.5 Å². The number of aliphatic hydroxyl groups excluding tert-OH is 1. The zero-order valence-electron chi connectivity index (χ0n) is 11.6. The van der Waals surface area contributed by atoms with E-state index in [0.29, 0.717) is 24.1 Å². The predicted molar refractivity (Wildman–Crippen MR) is 73.7 cm³/mol. The molecule has 0 aliphatic heterocycles. The quantitative estimate of drug-likeness (QED) is 0.890. The lowest BCUT2D eigenvalue weighted by atomic mass is 10.0. The molecule has 1 heterocycles. The van der Waals surface area contributed by atoms with Crippen LogP contribution in [0.2, 0.25) is 0 Å². The monoisotopic (exact) mass is 260 g/mol. The number of benzene rings is 1. The van der Waals surface area contributed by atoms with Crippen molar-refractivity contribution in [2.75, 3.05) is 0 Å². The van der Waals surface area contributed by atoms with Crippen LogP contribution in [0.3, 0.4) is 0 Å². The molecule has 4 heteroatoms. The summed E-state index contributed by atoms with van der Waals surface area (Å²) in [6.45, 7) is 6.32. The number of aromatic nitrogens is 2. The fourth-order valence-electron chi connectivity index (χ4n) is 1.90. The molecular formula is C15H20N2O2. The summed E-state index contributed by atoms with van der Waals surface area (Å²) in [5.74, 6) is 1.32. The van der Waals surface area contributed by atoms with Gasteiger partial charge >= 0.3 is 0 Å². The van der Waals surface area contributed by atoms with Crippen LogP contribution in [0, 0.1) is 0 Å². The van der Waals surface area contributed by atoms with Crippen LogP contribution < -0.4 is 0 Å². The van der Waals surface area contributed by atoms with Gasteiger partial charge in [-0.3, -0.25) is 0 Å². The highest BCUT2D eigenvalue weighted by Crippen LogP contribution is 2.23. The Bertz CT molecular complexity index is 517. The lowest BCUT2D eigenvalue weighted by molar-refractivity contribution is 0.153. The van der Waals surface area contributed by atoms with Gasteiger partial charge in [-0.25, -0.2) is 0 Å². The standard InChI is InChI=1S/C15H20N2O2/c1-4-5-13(18)14-16-15(19-17-14)12-8-6-11(7-9-12)10(2)3/h6-10,13,18H,4-5H2,1-3H3. The molecule has 2 aromatic rings. The topological polar surface area (TPSA) is 59.2 Å². The fourth-order valence-corrected chi connectivity index (χ4v) is 1.90. The van der Waals surface area contributed by atoms with E-state index in [9.17, 15) is 5.11 Å². The van der Waals surface area contributed by atoms with Gasteiger partial charge in [0, 0.05) is 5.56 Å². The molecule has 0 aliphatic carbocycles. The van der Waals surface area contributed by atoms with Crippen LogP contribution in [-0.2, 0) is 0 Å². The van der Waals surface area contributed by atoms with E-state index < -0.39 is 6.10 Å². The smallest absolute Gasteiger partial charge is 0.258 e. The summed E-state index contributed by atoms with van der Waals surface area (Å²) >= 11 is 0. The van der Waals surface area contributed by atoms with Gasteiger partial charge in [-0.1, -0.05) is 44.5 Å². The summed E-state index contributed by atoms with van der Waals surface area (Å²) < 4.78 is 5.20. The molecule has 1 aromatic carbocycles. The molecular weight excluding hydrogens is 240 g/mol. The normalized spacial score (nSPS) is 12.9. The van der Waals surface area contributed by atoms with Gasteiger partial charge in [-0.2, -0.15) is 4.98 Å². The molecule has 0 saturated carbocycles. The summed E-state index contributed by atoms with van der Waals surface area (Å²) in [5.41, 5.74) is 2.15. The Morgan fingerprint density at radius 2 is 1.89 bits per heavy atom. The first-order valence-electron chi connectivity index (χ1n) is 6.73. The second kappa shape index (κ2) is 5.97. The first kappa shape index (κ1) is 13.7. The van der Waals surface area contributed by atoms with E-state index in [1.54, 1.807) is 0 Å². The average Bonchev–Trinajstić information content (AvgIpc) is 2.89. The van der Waals surface area contributed by atoms with E-state index in [4.69, 9.17) is 4.52 Å². The summed E-state index contributed by atoms with van der Waals surface area (Å²) in [5, 5.41) is 13.6. The highest BCUT2D eigenvalue weighted by molar-refractivity contribution is 5.53. The zero-order valence-corrected chi connectivity index (χ0v) is 11.6. The van der Waals surface area contributed by atoms with Crippen LogP contribution >= 0.6 is 0 Å². The minimum absolute atomic E-state index is 0.366. The Morgan fingerprint density at radius 1 is 1.21 bits per heavy atom. The van der Waals surface area contributed by atoms with Crippen LogP contribution in [0.15, 0.2) is 28.8 Å². The number of hydrogen-bond donors (Lipinski definition) is 1. The molecule has 0 saturated heterocycles. The molecule has 1 unspecified atom stereocenters. The number of nitrogens with zero attached hydrogens (tertiary/aromatic N) is 2.